The number of carbonyl (C=O) groups is 1. The smallest absolute Gasteiger partial charge is 0.262 e. The van der Waals surface area contributed by atoms with Crippen molar-refractivity contribution in [3.8, 4) is 11.4 Å². The van der Waals surface area contributed by atoms with Gasteiger partial charge in [-0.25, -0.2) is 0 Å². The van der Waals surface area contributed by atoms with Crippen LogP contribution in [0.3, 0.4) is 0 Å². The number of ether oxygens (including phenoxy) is 1. The van der Waals surface area contributed by atoms with Gasteiger partial charge in [-0.3, -0.25) is 19.1 Å². The average Bonchev–Trinajstić information content (AvgIpc) is 2.80. The lowest BCUT2D eigenvalue weighted by Crippen LogP contribution is -2.49. The molecule has 1 aliphatic heterocycles. The van der Waals surface area contributed by atoms with E-state index < -0.39 is 0 Å². The molecular weight excluding hydrogens is 378 g/mol. The van der Waals surface area contributed by atoms with Crippen molar-refractivity contribution in [1.82, 2.24) is 14.4 Å². The Morgan fingerprint density at radius 2 is 1.63 bits per heavy atom. The molecule has 1 aliphatic rings. The van der Waals surface area contributed by atoms with E-state index >= 15 is 0 Å². The number of amides is 1. The van der Waals surface area contributed by atoms with Crippen molar-refractivity contribution >= 4 is 16.7 Å². The second-order valence-corrected chi connectivity index (χ2v) is 7.60. The molecule has 0 radical (unpaired) electrons. The van der Waals surface area contributed by atoms with Crippen molar-refractivity contribution in [3.05, 3.63) is 70.6 Å². The van der Waals surface area contributed by atoms with Gasteiger partial charge < -0.3 is 9.64 Å². The minimum absolute atomic E-state index is 0.0235. The maximum atomic E-state index is 13.4. The van der Waals surface area contributed by atoms with Crippen LogP contribution in [0.1, 0.15) is 23.7 Å². The molecule has 0 aliphatic carbocycles. The number of methoxy groups -OCH3 is 1. The molecule has 6 nitrogen and oxygen atoms in total. The molecule has 2 heterocycles. The Morgan fingerprint density at radius 3 is 2.27 bits per heavy atom. The molecule has 6 heteroatoms. The van der Waals surface area contributed by atoms with Crippen LogP contribution in [0.15, 0.2) is 59.5 Å². The Balaban J connectivity index is 1.74. The van der Waals surface area contributed by atoms with E-state index in [4.69, 9.17) is 4.74 Å². The maximum absolute atomic E-state index is 13.4. The van der Waals surface area contributed by atoms with Gasteiger partial charge in [-0.15, -0.1) is 0 Å². The summed E-state index contributed by atoms with van der Waals surface area (Å²) < 4.78 is 6.78. The Bertz CT molecular complexity index is 1100. The van der Waals surface area contributed by atoms with Crippen LogP contribution in [-0.4, -0.2) is 60.1 Å². The van der Waals surface area contributed by atoms with E-state index in [1.54, 1.807) is 23.9 Å². The summed E-state index contributed by atoms with van der Waals surface area (Å²) >= 11 is 0. The van der Waals surface area contributed by atoms with Crippen LogP contribution in [0.5, 0.6) is 5.75 Å². The number of carbonyl (C=O) groups excluding carboxylic acids is 1. The first kappa shape index (κ1) is 20.2. The van der Waals surface area contributed by atoms with E-state index in [1.807, 2.05) is 47.4 Å². The lowest BCUT2D eigenvalue weighted by Gasteiger charge is -2.34. The number of benzene rings is 2. The summed E-state index contributed by atoms with van der Waals surface area (Å²) in [6, 6.07) is 14.6. The van der Waals surface area contributed by atoms with E-state index in [0.29, 0.717) is 40.9 Å². The maximum Gasteiger partial charge on any atom is 0.262 e. The molecule has 0 bridgehead atoms. The van der Waals surface area contributed by atoms with Crippen LogP contribution in [-0.2, 0) is 0 Å². The predicted octanol–water partition coefficient (Wildman–Crippen LogP) is 3.17. The third kappa shape index (κ3) is 3.83. The summed E-state index contributed by atoms with van der Waals surface area (Å²) in [5, 5.41) is 1.25. The van der Waals surface area contributed by atoms with Crippen LogP contribution in [0, 0.1) is 0 Å². The number of piperazine rings is 1. The predicted molar refractivity (Wildman–Crippen MR) is 119 cm³/mol. The number of pyridine rings is 1. The fourth-order valence-electron chi connectivity index (χ4n) is 4.06. The summed E-state index contributed by atoms with van der Waals surface area (Å²) in [4.78, 5) is 30.9. The zero-order chi connectivity index (χ0) is 21.1. The monoisotopic (exact) mass is 405 g/mol. The zero-order valence-corrected chi connectivity index (χ0v) is 17.5. The summed E-state index contributed by atoms with van der Waals surface area (Å²) in [5.41, 5.74) is 1.12. The fourth-order valence-corrected chi connectivity index (χ4v) is 4.06. The second kappa shape index (κ2) is 8.71. The Kier molecular flexibility index (Phi) is 5.86. The molecule has 30 heavy (non-hydrogen) atoms. The zero-order valence-electron chi connectivity index (χ0n) is 17.5. The summed E-state index contributed by atoms with van der Waals surface area (Å²) in [6.07, 6.45) is 2.80. The molecule has 0 atom stereocenters. The SMILES string of the molecule is CCCN1CCN(C(=O)c2cn(-c3ccc(OC)cc3)c(=O)c3ccccc23)CC1. The number of nitrogens with zero attached hydrogens (tertiary/aromatic N) is 3. The highest BCUT2D eigenvalue weighted by atomic mass is 16.5. The topological polar surface area (TPSA) is 54.8 Å². The Hall–Kier alpha value is -3.12. The summed E-state index contributed by atoms with van der Waals surface area (Å²) in [7, 11) is 1.61. The first-order valence-electron chi connectivity index (χ1n) is 10.4. The van der Waals surface area contributed by atoms with Gasteiger partial charge in [0, 0.05) is 48.8 Å². The highest BCUT2D eigenvalue weighted by Crippen LogP contribution is 2.21. The van der Waals surface area contributed by atoms with Crippen molar-refractivity contribution in [3.63, 3.8) is 0 Å². The largest absolute Gasteiger partial charge is 0.497 e. The Morgan fingerprint density at radius 1 is 0.967 bits per heavy atom. The van der Waals surface area contributed by atoms with E-state index in [1.165, 1.54) is 0 Å². The summed E-state index contributed by atoms with van der Waals surface area (Å²) in [6.45, 7) is 6.41. The van der Waals surface area contributed by atoms with Gasteiger partial charge in [0.05, 0.1) is 12.7 Å². The van der Waals surface area contributed by atoms with E-state index in [-0.39, 0.29) is 11.5 Å². The van der Waals surface area contributed by atoms with Gasteiger partial charge in [0.2, 0.25) is 0 Å². The number of hydrogen-bond donors (Lipinski definition) is 0. The molecule has 0 N–H and O–H groups in total. The van der Waals surface area contributed by atoms with Crippen molar-refractivity contribution in [2.75, 3.05) is 39.8 Å². The van der Waals surface area contributed by atoms with Gasteiger partial charge in [0.1, 0.15) is 5.75 Å². The van der Waals surface area contributed by atoms with Gasteiger partial charge in [0.25, 0.3) is 11.5 Å². The lowest BCUT2D eigenvalue weighted by molar-refractivity contribution is 0.0639. The number of hydrogen-bond acceptors (Lipinski definition) is 4. The van der Waals surface area contributed by atoms with E-state index in [2.05, 4.69) is 11.8 Å². The molecule has 0 spiro atoms. The third-order valence-corrected chi connectivity index (χ3v) is 5.70. The molecule has 3 aromatic rings. The highest BCUT2D eigenvalue weighted by molar-refractivity contribution is 6.06. The standard InChI is InChI=1S/C24H27N3O3/c1-3-12-25-13-15-26(16-14-25)23(28)22-17-27(18-8-10-19(30-2)11-9-18)24(29)21-7-5-4-6-20(21)22/h4-11,17H,3,12-16H2,1-2H3. The number of aromatic nitrogens is 1. The minimum atomic E-state index is -0.139. The Labute approximate surface area is 176 Å². The van der Waals surface area contributed by atoms with Crippen LogP contribution >= 0.6 is 0 Å². The first-order valence-corrected chi connectivity index (χ1v) is 10.4. The van der Waals surface area contributed by atoms with Crippen molar-refractivity contribution in [1.29, 1.82) is 0 Å². The summed E-state index contributed by atoms with van der Waals surface area (Å²) in [5.74, 6) is 0.693. The number of fused-ring (bicyclic) bond motifs is 1. The number of rotatable bonds is 5. The molecule has 0 saturated carbocycles. The van der Waals surface area contributed by atoms with Crippen LogP contribution in [0.2, 0.25) is 0 Å². The minimum Gasteiger partial charge on any atom is -0.497 e. The molecular formula is C24H27N3O3. The first-order chi connectivity index (χ1) is 14.6. The average molecular weight is 405 g/mol. The van der Waals surface area contributed by atoms with Gasteiger partial charge >= 0.3 is 0 Å². The van der Waals surface area contributed by atoms with Crippen LogP contribution in [0.4, 0.5) is 0 Å². The van der Waals surface area contributed by atoms with Crippen LogP contribution in [0.25, 0.3) is 16.5 Å². The molecule has 1 amide bonds. The van der Waals surface area contributed by atoms with E-state index in [0.717, 1.165) is 26.1 Å². The third-order valence-electron chi connectivity index (χ3n) is 5.70. The normalized spacial score (nSPS) is 14.8. The van der Waals surface area contributed by atoms with Crippen molar-refractivity contribution in [2.45, 2.75) is 13.3 Å². The molecule has 4 rings (SSSR count). The van der Waals surface area contributed by atoms with Gasteiger partial charge in [0.15, 0.2) is 0 Å². The molecule has 0 unspecified atom stereocenters. The fraction of sp³-hybridized carbons (Fsp3) is 0.333. The molecule has 1 aromatic heterocycles. The van der Waals surface area contributed by atoms with E-state index in [9.17, 15) is 9.59 Å². The molecule has 2 aromatic carbocycles. The highest BCUT2D eigenvalue weighted by Gasteiger charge is 2.24. The van der Waals surface area contributed by atoms with Gasteiger partial charge in [-0.2, -0.15) is 0 Å². The van der Waals surface area contributed by atoms with Crippen molar-refractivity contribution < 1.29 is 9.53 Å². The van der Waals surface area contributed by atoms with Gasteiger partial charge in [-0.05, 0) is 43.3 Å². The molecule has 156 valence electrons. The molecule has 1 fully saturated rings. The lowest BCUT2D eigenvalue weighted by atomic mass is 10.1. The quantitative estimate of drug-likeness (QED) is 0.654. The molecule has 1 saturated heterocycles. The van der Waals surface area contributed by atoms with Crippen LogP contribution < -0.4 is 10.3 Å². The van der Waals surface area contributed by atoms with Crippen molar-refractivity contribution in [2.24, 2.45) is 0 Å². The second-order valence-electron chi connectivity index (χ2n) is 7.60. The van der Waals surface area contributed by atoms with Gasteiger partial charge in [-0.1, -0.05) is 25.1 Å².